The molecule has 1 fully saturated rings. The Hall–Kier alpha value is -4.91. The predicted octanol–water partition coefficient (Wildman–Crippen LogP) is 3.65. The number of piperidine rings is 1. The molecule has 2 N–H and O–H groups in total. The average molecular weight is 640 g/mol. The maximum absolute atomic E-state index is 13.0. The van der Waals surface area contributed by atoms with Gasteiger partial charge in [0.15, 0.2) is 0 Å². The Morgan fingerprint density at radius 1 is 0.936 bits per heavy atom. The fourth-order valence-corrected chi connectivity index (χ4v) is 5.29. The van der Waals surface area contributed by atoms with Gasteiger partial charge in [0.1, 0.15) is 18.6 Å². The van der Waals surface area contributed by atoms with Gasteiger partial charge >= 0.3 is 0 Å². The lowest BCUT2D eigenvalue weighted by atomic mass is 10.1. The van der Waals surface area contributed by atoms with Crippen molar-refractivity contribution >= 4 is 29.9 Å². The summed E-state index contributed by atoms with van der Waals surface area (Å²) in [5, 5.41) is 9.38. The number of nitrogens with zero attached hydrogens (tertiary/aromatic N) is 5. The van der Waals surface area contributed by atoms with Gasteiger partial charge in [0.05, 0.1) is 30.5 Å². The zero-order valence-electron chi connectivity index (χ0n) is 26.8. The fourth-order valence-electron chi connectivity index (χ4n) is 5.29. The molecular formula is C35H41N7O5. The number of hydrogen-bond donors (Lipinski definition) is 2. The van der Waals surface area contributed by atoms with Gasteiger partial charge in [-0.3, -0.25) is 24.6 Å². The van der Waals surface area contributed by atoms with Gasteiger partial charge in [-0.15, -0.1) is 0 Å². The number of guanidine groups is 1. The zero-order chi connectivity index (χ0) is 33.0. The van der Waals surface area contributed by atoms with Crippen molar-refractivity contribution < 1.29 is 23.9 Å². The first-order valence-electron chi connectivity index (χ1n) is 15.8. The molecule has 1 unspecified atom stereocenters. The summed E-state index contributed by atoms with van der Waals surface area (Å²) >= 11 is 0. The second-order valence-electron chi connectivity index (χ2n) is 11.3. The highest BCUT2D eigenvalue weighted by atomic mass is 16.5. The number of aliphatic imine (C=N–C) groups is 1. The van der Waals surface area contributed by atoms with Crippen LogP contribution in [-0.4, -0.2) is 90.9 Å². The number of carbonyl (C=O) groups excluding carboxylic acids is 3. The Bertz CT molecular complexity index is 1550. The number of benzene rings is 3. The lowest BCUT2D eigenvalue weighted by Crippen LogP contribution is -2.50. The number of likely N-dealkylation sites (tertiary alicyclic amines) is 1. The van der Waals surface area contributed by atoms with Crippen molar-refractivity contribution in [3.63, 3.8) is 0 Å². The molecule has 246 valence electrons. The van der Waals surface area contributed by atoms with Crippen LogP contribution < -0.4 is 15.5 Å². The van der Waals surface area contributed by atoms with Crippen molar-refractivity contribution in [2.75, 3.05) is 39.9 Å². The molecule has 0 spiro atoms. The van der Waals surface area contributed by atoms with E-state index in [4.69, 9.17) is 9.47 Å². The molecule has 3 aromatic carbocycles. The molecule has 1 atom stereocenters. The summed E-state index contributed by atoms with van der Waals surface area (Å²) in [6, 6.07) is 24.1. The third-order valence-corrected chi connectivity index (χ3v) is 7.70. The topological polar surface area (TPSA) is 128 Å². The first-order chi connectivity index (χ1) is 22.9. The van der Waals surface area contributed by atoms with E-state index in [0.717, 1.165) is 36.0 Å². The predicted molar refractivity (Wildman–Crippen MR) is 179 cm³/mol. The van der Waals surface area contributed by atoms with Gasteiger partial charge in [-0.25, -0.2) is 20.4 Å². The summed E-state index contributed by atoms with van der Waals surface area (Å²) in [5.41, 5.74) is 5.27. The van der Waals surface area contributed by atoms with Crippen molar-refractivity contribution in [2.24, 2.45) is 10.1 Å². The van der Waals surface area contributed by atoms with E-state index in [-0.39, 0.29) is 30.2 Å². The van der Waals surface area contributed by atoms with E-state index >= 15 is 0 Å². The molecule has 2 heterocycles. The molecule has 0 radical (unpaired) electrons. The van der Waals surface area contributed by atoms with Crippen LogP contribution in [0.5, 0.6) is 5.75 Å². The minimum atomic E-state index is -0.655. The number of nitrogens with one attached hydrogen (secondary N) is 2. The van der Waals surface area contributed by atoms with Crippen LogP contribution >= 0.6 is 0 Å². The van der Waals surface area contributed by atoms with Gasteiger partial charge in [0.2, 0.25) is 11.9 Å². The summed E-state index contributed by atoms with van der Waals surface area (Å²) in [6.45, 7) is 5.16. The minimum absolute atomic E-state index is 0.116. The number of amides is 3. The first kappa shape index (κ1) is 33.5. The van der Waals surface area contributed by atoms with Crippen molar-refractivity contribution in [1.29, 1.82) is 0 Å². The van der Waals surface area contributed by atoms with Gasteiger partial charge in [-0.1, -0.05) is 61.0 Å². The van der Waals surface area contributed by atoms with Crippen LogP contribution in [0.4, 0.5) is 0 Å². The number of carbonyl (C=O) groups is 3. The van der Waals surface area contributed by atoms with Gasteiger partial charge in [-0.05, 0) is 68.2 Å². The summed E-state index contributed by atoms with van der Waals surface area (Å²) in [4.78, 5) is 45.3. The van der Waals surface area contributed by atoms with Gasteiger partial charge in [0.25, 0.3) is 11.8 Å². The minimum Gasteiger partial charge on any atom is -0.491 e. The Morgan fingerprint density at radius 2 is 1.64 bits per heavy atom. The number of hydrogen-bond acceptors (Lipinski definition) is 9. The van der Waals surface area contributed by atoms with Gasteiger partial charge in [0, 0.05) is 13.6 Å². The van der Waals surface area contributed by atoms with Crippen molar-refractivity contribution in [3.8, 4) is 5.75 Å². The second-order valence-corrected chi connectivity index (χ2v) is 11.3. The highest BCUT2D eigenvalue weighted by molar-refractivity contribution is 6.21. The molecule has 0 aromatic heterocycles. The smallest absolute Gasteiger partial charge is 0.276 e. The number of hydrazone groups is 1. The van der Waals surface area contributed by atoms with Crippen molar-refractivity contribution in [3.05, 3.63) is 101 Å². The van der Waals surface area contributed by atoms with E-state index in [1.54, 1.807) is 44.5 Å². The maximum atomic E-state index is 13.0. The van der Waals surface area contributed by atoms with Crippen LogP contribution in [0.15, 0.2) is 89.0 Å². The molecule has 47 heavy (non-hydrogen) atoms. The Morgan fingerprint density at radius 3 is 2.36 bits per heavy atom. The highest BCUT2D eigenvalue weighted by Crippen LogP contribution is 2.21. The molecule has 5 rings (SSSR count). The first-order valence-corrected chi connectivity index (χ1v) is 15.8. The molecular weight excluding hydrogens is 598 g/mol. The highest BCUT2D eigenvalue weighted by Gasteiger charge is 2.35. The molecule has 1 saturated heterocycles. The number of hydrazine groups is 1. The molecule has 0 aliphatic carbocycles. The van der Waals surface area contributed by atoms with Crippen molar-refractivity contribution in [2.45, 2.75) is 39.0 Å². The van der Waals surface area contributed by atoms with E-state index in [0.29, 0.717) is 6.61 Å². The summed E-state index contributed by atoms with van der Waals surface area (Å²) in [7, 11) is 1.64. The van der Waals surface area contributed by atoms with Gasteiger partial charge < -0.3 is 9.47 Å². The lowest BCUT2D eigenvalue weighted by Gasteiger charge is -2.26. The largest absolute Gasteiger partial charge is 0.491 e. The molecule has 2 aliphatic rings. The van der Waals surface area contributed by atoms with Crippen LogP contribution in [0.25, 0.3) is 0 Å². The fraction of sp³-hybridized carbons (Fsp3) is 0.343. The molecule has 2 aliphatic heterocycles. The van der Waals surface area contributed by atoms with Gasteiger partial charge in [-0.2, -0.15) is 5.10 Å². The Kier molecular flexibility index (Phi) is 11.8. The van der Waals surface area contributed by atoms with Crippen LogP contribution in [0, 0.1) is 0 Å². The van der Waals surface area contributed by atoms with Crippen LogP contribution in [0.3, 0.4) is 0 Å². The maximum Gasteiger partial charge on any atom is 0.276 e. The van der Waals surface area contributed by atoms with Crippen molar-refractivity contribution in [1.82, 2.24) is 25.7 Å². The summed E-state index contributed by atoms with van der Waals surface area (Å²) in [5.74, 6) is -0.676. The van der Waals surface area contributed by atoms with E-state index in [1.807, 2.05) is 42.5 Å². The Labute approximate surface area is 275 Å². The average Bonchev–Trinajstić information content (AvgIpc) is 3.33. The summed E-state index contributed by atoms with van der Waals surface area (Å²) in [6.07, 6.45) is 4.79. The normalized spacial score (nSPS) is 16.0. The molecule has 0 saturated carbocycles. The van der Waals surface area contributed by atoms with Crippen LogP contribution in [0.1, 0.15) is 58.0 Å². The van der Waals surface area contributed by atoms with E-state index < -0.39 is 23.9 Å². The Balaban J connectivity index is 1.15. The number of fused-ring (bicyclic) bond motifs is 1. The van der Waals surface area contributed by atoms with Crippen LogP contribution in [-0.2, 0) is 16.1 Å². The third kappa shape index (κ3) is 9.55. The molecule has 3 aromatic rings. The van der Waals surface area contributed by atoms with E-state index in [1.165, 1.54) is 29.8 Å². The standard InChI is InChI=1S/C35H41N7O5/c1-26(46-20-21-47-29-15-11-14-28(22-29)25-41-18-9-4-10-19-41)38-35(40(2)36-23-27-12-5-3-6-13-27)39-32(43)24-37-42-33(44)30-16-7-8-17-31(30)34(42)45/h3,5-8,11-17,22-23,26,37H,4,9-10,18-21,24-25H2,1-2H3,(H,38,39,43). The van der Waals surface area contributed by atoms with E-state index in [9.17, 15) is 14.4 Å². The van der Waals surface area contributed by atoms with Crippen LogP contribution in [0.2, 0.25) is 0 Å². The number of imide groups is 1. The quantitative estimate of drug-likeness (QED) is 0.0954. The molecule has 12 heteroatoms. The lowest BCUT2D eigenvalue weighted by molar-refractivity contribution is -0.119. The monoisotopic (exact) mass is 639 g/mol. The molecule has 0 bridgehead atoms. The summed E-state index contributed by atoms with van der Waals surface area (Å²) < 4.78 is 11.8. The zero-order valence-corrected chi connectivity index (χ0v) is 26.8. The molecule has 3 amide bonds. The second kappa shape index (κ2) is 16.6. The third-order valence-electron chi connectivity index (χ3n) is 7.70. The number of rotatable bonds is 13. The molecule has 12 nitrogen and oxygen atoms in total. The SMILES string of the molecule is CC(N=C(NC(=O)CNN1C(=O)c2ccccc2C1=O)N(C)N=Cc1ccccc1)OCCOc1cccc(CN2CCCCC2)c1. The number of ether oxygens (including phenoxy) is 2. The van der Waals surface area contributed by atoms with E-state index in [2.05, 4.69) is 37.9 Å².